The fourth-order valence-electron chi connectivity index (χ4n) is 1.23. The van der Waals surface area contributed by atoms with E-state index in [2.05, 4.69) is 15.8 Å². The number of thiocarbonyl (C=S) groups is 1. The minimum atomic E-state index is 0.0458. The van der Waals surface area contributed by atoms with Crippen molar-refractivity contribution in [2.45, 2.75) is 19.9 Å². The lowest BCUT2D eigenvalue weighted by atomic mass is 10.2. The van der Waals surface area contributed by atoms with Crippen molar-refractivity contribution >= 4 is 23.5 Å². The first-order chi connectivity index (χ1) is 9.11. The van der Waals surface area contributed by atoms with Gasteiger partial charge in [0.15, 0.2) is 11.7 Å². The Kier molecular flexibility index (Phi) is 6.33. The summed E-state index contributed by atoms with van der Waals surface area (Å²) in [5.74, 6) is 0.656. The lowest BCUT2D eigenvalue weighted by Gasteiger charge is -2.09. The first-order valence-corrected chi connectivity index (χ1v) is 6.22. The summed E-state index contributed by atoms with van der Waals surface area (Å²) in [5.41, 5.74) is 3.63. The van der Waals surface area contributed by atoms with Crippen LogP contribution >= 0.6 is 12.2 Å². The molecule has 0 radical (unpaired) electrons. The number of ether oxygens (including phenoxy) is 1. The molecule has 100 valence electrons. The van der Waals surface area contributed by atoms with Gasteiger partial charge in [0, 0.05) is 6.04 Å². The van der Waals surface area contributed by atoms with Gasteiger partial charge >= 0.3 is 0 Å². The summed E-state index contributed by atoms with van der Waals surface area (Å²) in [6, 6.07) is 9.43. The van der Waals surface area contributed by atoms with Gasteiger partial charge in [-0.1, -0.05) is 0 Å². The average molecular weight is 276 g/mol. The molecule has 0 heterocycles. The largest absolute Gasteiger partial charge is 0.479 e. The van der Waals surface area contributed by atoms with Gasteiger partial charge in [-0.2, -0.15) is 10.4 Å². The fraction of sp³-hybridized carbons (Fsp3) is 0.308. The van der Waals surface area contributed by atoms with Crippen molar-refractivity contribution in [3.63, 3.8) is 0 Å². The van der Waals surface area contributed by atoms with Crippen LogP contribution in [0.1, 0.15) is 19.4 Å². The summed E-state index contributed by atoms with van der Waals surface area (Å²) < 4.78 is 5.14. The van der Waals surface area contributed by atoms with Crippen molar-refractivity contribution in [3.05, 3.63) is 29.8 Å². The van der Waals surface area contributed by atoms with Crippen LogP contribution in [-0.2, 0) is 0 Å². The standard InChI is InChI=1S/C13H16N4OS/c1-10(2)16-13(19)17-15-9-11-3-5-12(6-4-11)18-8-7-14/h3-6,9-10H,8H2,1-2H3,(H2,16,17,19)/b15-9-. The molecule has 0 aliphatic heterocycles. The van der Waals surface area contributed by atoms with E-state index in [0.717, 1.165) is 5.56 Å². The van der Waals surface area contributed by atoms with E-state index in [1.165, 1.54) is 0 Å². The number of benzene rings is 1. The second-order valence-corrected chi connectivity index (χ2v) is 4.42. The quantitative estimate of drug-likeness (QED) is 0.487. The maximum atomic E-state index is 8.39. The van der Waals surface area contributed by atoms with Gasteiger partial charge in [0.2, 0.25) is 0 Å². The van der Waals surface area contributed by atoms with Gasteiger partial charge in [-0.3, -0.25) is 5.43 Å². The van der Waals surface area contributed by atoms with E-state index < -0.39 is 0 Å². The van der Waals surface area contributed by atoms with Gasteiger partial charge in [-0.15, -0.1) is 0 Å². The van der Waals surface area contributed by atoms with Crippen LogP contribution in [0.2, 0.25) is 0 Å². The highest BCUT2D eigenvalue weighted by Gasteiger charge is 1.96. The van der Waals surface area contributed by atoms with E-state index in [4.69, 9.17) is 22.2 Å². The monoisotopic (exact) mass is 276 g/mol. The van der Waals surface area contributed by atoms with E-state index in [9.17, 15) is 0 Å². The summed E-state index contributed by atoms with van der Waals surface area (Å²) in [5, 5.41) is 15.9. The Morgan fingerprint density at radius 2 is 2.16 bits per heavy atom. The molecule has 0 atom stereocenters. The van der Waals surface area contributed by atoms with Crippen LogP contribution in [0.4, 0.5) is 0 Å². The smallest absolute Gasteiger partial charge is 0.187 e. The Morgan fingerprint density at radius 3 is 2.74 bits per heavy atom. The van der Waals surface area contributed by atoms with Gasteiger partial charge in [-0.25, -0.2) is 0 Å². The molecule has 19 heavy (non-hydrogen) atoms. The first kappa shape index (κ1) is 14.9. The van der Waals surface area contributed by atoms with Crippen LogP contribution in [0.25, 0.3) is 0 Å². The SMILES string of the molecule is CC(C)NC(=S)N/N=C\c1ccc(OCC#N)cc1. The molecular weight excluding hydrogens is 260 g/mol. The third-order valence-electron chi connectivity index (χ3n) is 1.98. The Morgan fingerprint density at radius 1 is 1.47 bits per heavy atom. The zero-order valence-electron chi connectivity index (χ0n) is 10.9. The van der Waals surface area contributed by atoms with E-state index in [0.29, 0.717) is 10.9 Å². The molecule has 0 saturated carbocycles. The van der Waals surface area contributed by atoms with E-state index in [-0.39, 0.29) is 12.6 Å². The van der Waals surface area contributed by atoms with Crippen molar-refractivity contribution in [2.24, 2.45) is 5.10 Å². The van der Waals surface area contributed by atoms with Gasteiger partial charge in [0.25, 0.3) is 0 Å². The average Bonchev–Trinajstić information content (AvgIpc) is 2.37. The molecule has 0 saturated heterocycles. The molecule has 1 aromatic rings. The normalized spacial score (nSPS) is 10.2. The number of hydrogen-bond acceptors (Lipinski definition) is 4. The zero-order valence-corrected chi connectivity index (χ0v) is 11.7. The summed E-state index contributed by atoms with van der Waals surface area (Å²) in [4.78, 5) is 0. The second kappa shape index (κ2) is 8.06. The van der Waals surface area contributed by atoms with Crippen LogP contribution in [0.5, 0.6) is 5.75 Å². The molecule has 6 heteroatoms. The molecule has 0 aliphatic carbocycles. The number of nitrogens with zero attached hydrogens (tertiary/aromatic N) is 2. The Hall–Kier alpha value is -2.13. The van der Waals surface area contributed by atoms with Crippen molar-refractivity contribution in [3.8, 4) is 11.8 Å². The first-order valence-electron chi connectivity index (χ1n) is 5.81. The van der Waals surface area contributed by atoms with Crippen molar-refractivity contribution < 1.29 is 4.74 Å². The predicted molar refractivity (Wildman–Crippen MR) is 79.1 cm³/mol. The third-order valence-corrected chi connectivity index (χ3v) is 2.19. The third kappa shape index (κ3) is 6.38. The lowest BCUT2D eigenvalue weighted by molar-refractivity contribution is 0.368. The maximum Gasteiger partial charge on any atom is 0.187 e. The number of rotatable bonds is 5. The molecule has 0 aromatic heterocycles. The van der Waals surface area contributed by atoms with E-state index >= 15 is 0 Å². The van der Waals surface area contributed by atoms with Gasteiger partial charge in [-0.05, 0) is 55.9 Å². The highest BCUT2D eigenvalue weighted by molar-refractivity contribution is 7.80. The highest BCUT2D eigenvalue weighted by atomic mass is 32.1. The van der Waals surface area contributed by atoms with Crippen LogP contribution in [0, 0.1) is 11.3 Å². The molecule has 1 aromatic carbocycles. The molecule has 0 fully saturated rings. The molecule has 0 spiro atoms. The summed E-state index contributed by atoms with van der Waals surface area (Å²) in [6.45, 7) is 4.04. The number of hydrazone groups is 1. The topological polar surface area (TPSA) is 69.4 Å². The van der Waals surface area contributed by atoms with Gasteiger partial charge < -0.3 is 10.1 Å². The summed E-state index contributed by atoms with van der Waals surface area (Å²) in [7, 11) is 0. The van der Waals surface area contributed by atoms with Gasteiger partial charge in [0.05, 0.1) is 6.21 Å². The second-order valence-electron chi connectivity index (χ2n) is 4.01. The molecule has 5 nitrogen and oxygen atoms in total. The molecule has 0 aliphatic rings. The Balaban J connectivity index is 2.44. The molecule has 0 amide bonds. The number of hydrogen-bond donors (Lipinski definition) is 2. The molecule has 1 rings (SSSR count). The molecule has 0 unspecified atom stereocenters. The summed E-state index contributed by atoms with van der Waals surface area (Å²) in [6.07, 6.45) is 1.66. The highest BCUT2D eigenvalue weighted by Crippen LogP contribution is 2.10. The van der Waals surface area contributed by atoms with Crippen LogP contribution < -0.4 is 15.5 Å². The molecule has 2 N–H and O–H groups in total. The minimum Gasteiger partial charge on any atom is -0.479 e. The number of nitrogens with one attached hydrogen (secondary N) is 2. The summed E-state index contributed by atoms with van der Waals surface area (Å²) >= 11 is 5.03. The Labute approximate surface area is 118 Å². The van der Waals surface area contributed by atoms with E-state index in [1.807, 2.05) is 32.0 Å². The van der Waals surface area contributed by atoms with Crippen molar-refractivity contribution in [1.82, 2.24) is 10.7 Å². The fourth-order valence-corrected chi connectivity index (χ4v) is 1.51. The van der Waals surface area contributed by atoms with Crippen LogP contribution in [-0.4, -0.2) is 24.0 Å². The zero-order chi connectivity index (χ0) is 14.1. The van der Waals surface area contributed by atoms with Crippen molar-refractivity contribution in [2.75, 3.05) is 6.61 Å². The van der Waals surface area contributed by atoms with Crippen LogP contribution in [0.15, 0.2) is 29.4 Å². The minimum absolute atomic E-state index is 0.0458. The molecular formula is C13H16N4OS. The predicted octanol–water partition coefficient (Wildman–Crippen LogP) is 1.80. The Bertz CT molecular complexity index is 476. The maximum absolute atomic E-state index is 8.39. The van der Waals surface area contributed by atoms with Gasteiger partial charge in [0.1, 0.15) is 11.8 Å². The van der Waals surface area contributed by atoms with E-state index in [1.54, 1.807) is 18.3 Å². The lowest BCUT2D eigenvalue weighted by Crippen LogP contribution is -2.36. The molecule has 0 bridgehead atoms. The van der Waals surface area contributed by atoms with Crippen LogP contribution in [0.3, 0.4) is 0 Å². The number of nitriles is 1. The van der Waals surface area contributed by atoms with Crippen molar-refractivity contribution in [1.29, 1.82) is 5.26 Å².